The molecule has 1 aromatic heterocycles. The van der Waals surface area contributed by atoms with E-state index >= 15 is 0 Å². The molecule has 4 rings (SSSR count). The molecular formula is C28H36N4O2. The molecule has 0 spiro atoms. The molecule has 2 amide bonds. The zero-order chi connectivity index (χ0) is 24.2. The van der Waals surface area contributed by atoms with Gasteiger partial charge in [0.05, 0.1) is 0 Å². The predicted molar refractivity (Wildman–Crippen MR) is 137 cm³/mol. The maximum absolute atomic E-state index is 13.2. The Morgan fingerprint density at radius 1 is 1.06 bits per heavy atom. The van der Waals surface area contributed by atoms with Crippen LogP contribution in [-0.2, 0) is 17.9 Å². The van der Waals surface area contributed by atoms with Crippen molar-refractivity contribution < 1.29 is 9.59 Å². The quantitative estimate of drug-likeness (QED) is 0.418. The van der Waals surface area contributed by atoms with Gasteiger partial charge in [-0.2, -0.15) is 0 Å². The summed E-state index contributed by atoms with van der Waals surface area (Å²) >= 11 is 0. The summed E-state index contributed by atoms with van der Waals surface area (Å²) in [5.74, 6) is 0.334. The van der Waals surface area contributed by atoms with Crippen molar-refractivity contribution in [3.63, 3.8) is 0 Å². The van der Waals surface area contributed by atoms with E-state index in [1.165, 1.54) is 18.4 Å². The number of aromatic nitrogens is 1. The number of hydrogen-bond donors (Lipinski definition) is 3. The highest BCUT2D eigenvalue weighted by Gasteiger charge is 2.27. The number of hydrogen-bond acceptors (Lipinski definition) is 3. The fourth-order valence-corrected chi connectivity index (χ4v) is 4.42. The molecule has 1 saturated carbocycles. The number of amides is 2. The highest BCUT2D eigenvalue weighted by molar-refractivity contribution is 6.02. The van der Waals surface area contributed by atoms with Gasteiger partial charge in [0.1, 0.15) is 11.7 Å². The molecule has 1 unspecified atom stereocenters. The zero-order valence-electron chi connectivity index (χ0n) is 20.7. The number of carbonyl (C=O) groups is 2. The summed E-state index contributed by atoms with van der Waals surface area (Å²) in [5, 5.41) is 7.09. The third kappa shape index (κ3) is 6.06. The van der Waals surface area contributed by atoms with Gasteiger partial charge in [0, 0.05) is 24.0 Å². The van der Waals surface area contributed by atoms with Gasteiger partial charge in [-0.15, -0.1) is 0 Å². The lowest BCUT2D eigenvalue weighted by Crippen LogP contribution is -2.46. The molecule has 6 nitrogen and oxygen atoms in total. The molecule has 180 valence electrons. The van der Waals surface area contributed by atoms with E-state index in [0.29, 0.717) is 24.6 Å². The second-order valence-electron chi connectivity index (χ2n) is 9.99. The Labute approximate surface area is 202 Å². The molecule has 1 fully saturated rings. The standard InChI is InChI=1S/C28H36N4O2/c1-18-5-13-24-23(15-18)19(2)26(30-24)28(34)31-25(14-12-20-6-7-20)27(33)29-16-21-8-10-22(11-9-21)17-32(3)4/h5,8-11,13,15,20,25,30H,6-7,12,14,16-17H2,1-4H3,(H,29,33)(H,31,34). The van der Waals surface area contributed by atoms with Crippen molar-refractivity contribution in [2.45, 2.75) is 58.7 Å². The number of H-pyrrole nitrogens is 1. The molecule has 1 aliphatic rings. The van der Waals surface area contributed by atoms with Crippen LogP contribution in [0, 0.1) is 19.8 Å². The van der Waals surface area contributed by atoms with Gasteiger partial charge < -0.3 is 20.5 Å². The Balaban J connectivity index is 1.42. The fourth-order valence-electron chi connectivity index (χ4n) is 4.42. The van der Waals surface area contributed by atoms with E-state index in [2.05, 4.69) is 38.7 Å². The lowest BCUT2D eigenvalue weighted by atomic mass is 10.1. The minimum Gasteiger partial charge on any atom is -0.350 e. The summed E-state index contributed by atoms with van der Waals surface area (Å²) in [6.45, 7) is 5.32. The van der Waals surface area contributed by atoms with Crippen LogP contribution in [0.5, 0.6) is 0 Å². The number of nitrogens with zero attached hydrogens (tertiary/aromatic N) is 1. The largest absolute Gasteiger partial charge is 0.350 e. The number of rotatable bonds is 10. The summed E-state index contributed by atoms with van der Waals surface area (Å²) in [6.07, 6.45) is 4.06. The number of benzene rings is 2. The summed E-state index contributed by atoms with van der Waals surface area (Å²) < 4.78 is 0. The Hall–Kier alpha value is -3.12. The van der Waals surface area contributed by atoms with Crippen molar-refractivity contribution in [2.75, 3.05) is 14.1 Å². The van der Waals surface area contributed by atoms with E-state index in [1.54, 1.807) is 0 Å². The zero-order valence-corrected chi connectivity index (χ0v) is 20.7. The van der Waals surface area contributed by atoms with Crippen LogP contribution in [0.15, 0.2) is 42.5 Å². The van der Waals surface area contributed by atoms with Crippen molar-refractivity contribution in [1.29, 1.82) is 0 Å². The molecule has 3 aromatic rings. The van der Waals surface area contributed by atoms with Crippen molar-refractivity contribution in [1.82, 2.24) is 20.5 Å². The SMILES string of the molecule is Cc1ccc2[nH]c(C(=O)NC(CCC3CC3)C(=O)NCc3ccc(CN(C)C)cc3)c(C)c2c1. The molecule has 34 heavy (non-hydrogen) atoms. The van der Waals surface area contributed by atoms with E-state index in [-0.39, 0.29) is 11.8 Å². The Bertz CT molecular complexity index is 1160. The summed E-state index contributed by atoms with van der Waals surface area (Å²) in [4.78, 5) is 31.6. The van der Waals surface area contributed by atoms with Crippen LogP contribution < -0.4 is 10.6 Å². The van der Waals surface area contributed by atoms with Crippen LogP contribution in [0.2, 0.25) is 0 Å². The Morgan fingerprint density at radius 3 is 2.44 bits per heavy atom. The predicted octanol–water partition coefficient (Wildman–Crippen LogP) is 4.45. The van der Waals surface area contributed by atoms with Gasteiger partial charge in [0.25, 0.3) is 5.91 Å². The molecule has 0 saturated heterocycles. The van der Waals surface area contributed by atoms with Crippen LogP contribution in [0.3, 0.4) is 0 Å². The monoisotopic (exact) mass is 460 g/mol. The number of carbonyl (C=O) groups excluding carboxylic acids is 2. The molecule has 0 radical (unpaired) electrons. The highest BCUT2D eigenvalue weighted by atomic mass is 16.2. The minimum atomic E-state index is -0.548. The van der Waals surface area contributed by atoms with Gasteiger partial charge >= 0.3 is 0 Å². The minimum absolute atomic E-state index is 0.129. The van der Waals surface area contributed by atoms with Gasteiger partial charge in [-0.1, -0.05) is 48.7 Å². The maximum atomic E-state index is 13.2. The average Bonchev–Trinajstić information content (AvgIpc) is 3.58. The van der Waals surface area contributed by atoms with E-state index in [1.807, 2.05) is 52.2 Å². The third-order valence-corrected chi connectivity index (χ3v) is 6.61. The lowest BCUT2D eigenvalue weighted by Gasteiger charge is -2.19. The molecule has 6 heteroatoms. The molecule has 2 aromatic carbocycles. The molecule has 0 aliphatic heterocycles. The second kappa shape index (κ2) is 10.4. The van der Waals surface area contributed by atoms with E-state index in [0.717, 1.165) is 40.6 Å². The first-order chi connectivity index (χ1) is 16.3. The number of fused-ring (bicyclic) bond motifs is 1. The van der Waals surface area contributed by atoms with Crippen LogP contribution in [0.4, 0.5) is 0 Å². The smallest absolute Gasteiger partial charge is 0.268 e. The van der Waals surface area contributed by atoms with E-state index in [4.69, 9.17) is 0 Å². The van der Waals surface area contributed by atoms with Crippen molar-refractivity contribution in [3.8, 4) is 0 Å². The summed E-state index contributed by atoms with van der Waals surface area (Å²) in [5.41, 5.74) is 5.81. The van der Waals surface area contributed by atoms with Gasteiger partial charge in [-0.25, -0.2) is 0 Å². The molecule has 3 N–H and O–H groups in total. The van der Waals surface area contributed by atoms with Crippen LogP contribution in [0.25, 0.3) is 10.9 Å². The van der Waals surface area contributed by atoms with E-state index < -0.39 is 6.04 Å². The first kappa shape index (κ1) is 24.0. The van der Waals surface area contributed by atoms with Crippen LogP contribution in [-0.4, -0.2) is 41.8 Å². The Kier molecular flexibility index (Phi) is 7.37. The van der Waals surface area contributed by atoms with Crippen molar-refractivity contribution in [3.05, 3.63) is 70.4 Å². The first-order valence-electron chi connectivity index (χ1n) is 12.2. The van der Waals surface area contributed by atoms with Gasteiger partial charge in [-0.05, 0) is 75.5 Å². The molecule has 1 heterocycles. The highest BCUT2D eigenvalue weighted by Crippen LogP contribution is 2.34. The number of aryl methyl sites for hydroxylation is 2. The van der Waals surface area contributed by atoms with Crippen LogP contribution in [0.1, 0.15) is 58.4 Å². The maximum Gasteiger partial charge on any atom is 0.268 e. The fraction of sp³-hybridized carbons (Fsp3) is 0.429. The topological polar surface area (TPSA) is 77.2 Å². The Morgan fingerprint density at radius 2 is 1.76 bits per heavy atom. The normalized spacial score (nSPS) is 14.4. The molecule has 0 bridgehead atoms. The third-order valence-electron chi connectivity index (χ3n) is 6.61. The number of nitrogens with one attached hydrogen (secondary N) is 3. The van der Waals surface area contributed by atoms with Crippen molar-refractivity contribution in [2.24, 2.45) is 5.92 Å². The lowest BCUT2D eigenvalue weighted by molar-refractivity contribution is -0.123. The second-order valence-corrected chi connectivity index (χ2v) is 9.99. The van der Waals surface area contributed by atoms with Crippen LogP contribution >= 0.6 is 0 Å². The van der Waals surface area contributed by atoms with Gasteiger partial charge in [-0.3, -0.25) is 9.59 Å². The molecule has 1 aliphatic carbocycles. The van der Waals surface area contributed by atoms with Gasteiger partial charge in [0.15, 0.2) is 0 Å². The summed E-state index contributed by atoms with van der Waals surface area (Å²) in [6, 6.07) is 13.8. The molecular weight excluding hydrogens is 424 g/mol. The van der Waals surface area contributed by atoms with E-state index in [9.17, 15) is 9.59 Å². The first-order valence-corrected chi connectivity index (χ1v) is 12.2. The number of aromatic amines is 1. The van der Waals surface area contributed by atoms with Crippen molar-refractivity contribution >= 4 is 22.7 Å². The summed E-state index contributed by atoms with van der Waals surface area (Å²) in [7, 11) is 4.09. The average molecular weight is 461 g/mol. The molecule has 1 atom stereocenters. The van der Waals surface area contributed by atoms with Gasteiger partial charge in [0.2, 0.25) is 5.91 Å².